The molecule has 1 saturated heterocycles. The number of amides is 1. The van der Waals surface area contributed by atoms with Gasteiger partial charge in [-0.15, -0.1) is 0 Å². The molecule has 1 heterocycles. The number of carboxylic acid groups (broad SMARTS) is 1. The molecule has 0 bridgehead atoms. The summed E-state index contributed by atoms with van der Waals surface area (Å²) in [7, 11) is 1.97. The van der Waals surface area contributed by atoms with Gasteiger partial charge < -0.3 is 20.1 Å². The average Bonchev–Trinajstić information content (AvgIpc) is 2.78. The van der Waals surface area contributed by atoms with E-state index >= 15 is 0 Å². The molecule has 1 aliphatic rings. The summed E-state index contributed by atoms with van der Waals surface area (Å²) in [5.74, 6) is -1.20. The molecule has 98 valence electrons. The lowest BCUT2D eigenvalue weighted by atomic mass is 10.2. The molecular weight excluding hydrogens is 224 g/mol. The van der Waals surface area contributed by atoms with E-state index < -0.39 is 18.2 Å². The van der Waals surface area contributed by atoms with Gasteiger partial charge in [-0.05, 0) is 26.4 Å². The Bertz CT molecular complexity index is 283. The number of carboxylic acids is 1. The van der Waals surface area contributed by atoms with Crippen LogP contribution >= 0.6 is 0 Å². The lowest BCUT2D eigenvalue weighted by Crippen LogP contribution is -2.39. The first kappa shape index (κ1) is 13.9. The molecule has 0 radical (unpaired) electrons. The maximum atomic E-state index is 11.6. The number of hydrogen-bond donors (Lipinski definition) is 2. The van der Waals surface area contributed by atoms with Crippen molar-refractivity contribution in [3.8, 4) is 0 Å². The molecule has 2 atom stereocenters. The quantitative estimate of drug-likeness (QED) is 0.670. The number of carbonyl (C=O) groups is 2. The van der Waals surface area contributed by atoms with E-state index in [9.17, 15) is 9.59 Å². The van der Waals surface area contributed by atoms with E-state index in [2.05, 4.69) is 10.2 Å². The second-order valence-electron chi connectivity index (χ2n) is 4.22. The molecule has 1 amide bonds. The number of likely N-dealkylation sites (N-methyl/N-ethyl adjacent to an activating group) is 1. The second-order valence-corrected chi connectivity index (χ2v) is 4.22. The highest BCUT2D eigenvalue weighted by Gasteiger charge is 2.34. The molecule has 0 saturated carbocycles. The fourth-order valence-electron chi connectivity index (χ4n) is 1.65. The van der Waals surface area contributed by atoms with Crippen LogP contribution in [0.5, 0.6) is 0 Å². The van der Waals surface area contributed by atoms with Crippen molar-refractivity contribution in [3.63, 3.8) is 0 Å². The van der Waals surface area contributed by atoms with E-state index in [0.717, 1.165) is 13.1 Å². The smallest absolute Gasteiger partial charge is 0.332 e. The molecule has 2 unspecified atom stereocenters. The van der Waals surface area contributed by atoms with Crippen molar-refractivity contribution >= 4 is 11.9 Å². The van der Waals surface area contributed by atoms with Crippen LogP contribution in [0.25, 0.3) is 0 Å². The SMILES string of the molecule is CCN(C)CCNC(=O)C1CCC(C(=O)O)O1. The van der Waals surface area contributed by atoms with Gasteiger partial charge >= 0.3 is 5.97 Å². The fraction of sp³-hybridized carbons (Fsp3) is 0.818. The summed E-state index contributed by atoms with van der Waals surface area (Å²) in [4.78, 5) is 24.4. The Morgan fingerprint density at radius 3 is 2.59 bits per heavy atom. The van der Waals surface area contributed by atoms with Crippen LogP contribution in [0.3, 0.4) is 0 Å². The Morgan fingerprint density at radius 1 is 1.41 bits per heavy atom. The van der Waals surface area contributed by atoms with Gasteiger partial charge in [0.25, 0.3) is 0 Å². The highest BCUT2D eigenvalue weighted by Crippen LogP contribution is 2.19. The number of hydrogen-bond acceptors (Lipinski definition) is 4. The normalized spacial score (nSPS) is 23.9. The van der Waals surface area contributed by atoms with Crippen LogP contribution in [0.2, 0.25) is 0 Å². The Balaban J connectivity index is 2.23. The number of nitrogens with one attached hydrogen (secondary N) is 1. The predicted molar refractivity (Wildman–Crippen MR) is 61.7 cm³/mol. The Hall–Kier alpha value is -1.14. The van der Waals surface area contributed by atoms with E-state index in [1.54, 1.807) is 0 Å². The highest BCUT2D eigenvalue weighted by molar-refractivity contribution is 5.82. The molecule has 17 heavy (non-hydrogen) atoms. The fourth-order valence-corrected chi connectivity index (χ4v) is 1.65. The van der Waals surface area contributed by atoms with Crippen LogP contribution in [0.1, 0.15) is 19.8 Å². The molecule has 0 aromatic carbocycles. The van der Waals surface area contributed by atoms with Crippen molar-refractivity contribution in [2.24, 2.45) is 0 Å². The third-order valence-corrected chi connectivity index (χ3v) is 2.92. The molecule has 6 nitrogen and oxygen atoms in total. The van der Waals surface area contributed by atoms with Crippen molar-refractivity contribution < 1.29 is 19.4 Å². The molecule has 0 spiro atoms. The zero-order valence-corrected chi connectivity index (χ0v) is 10.3. The van der Waals surface area contributed by atoms with Gasteiger partial charge in [-0.1, -0.05) is 6.92 Å². The van der Waals surface area contributed by atoms with Gasteiger partial charge in [0.05, 0.1) is 0 Å². The van der Waals surface area contributed by atoms with Gasteiger partial charge in [0, 0.05) is 13.1 Å². The Morgan fingerprint density at radius 2 is 2.06 bits per heavy atom. The van der Waals surface area contributed by atoms with Crippen LogP contribution in [0.4, 0.5) is 0 Å². The van der Waals surface area contributed by atoms with Crippen LogP contribution in [-0.2, 0) is 14.3 Å². The third kappa shape index (κ3) is 4.32. The minimum atomic E-state index is -0.994. The van der Waals surface area contributed by atoms with Crippen LogP contribution < -0.4 is 5.32 Å². The molecule has 2 N–H and O–H groups in total. The van der Waals surface area contributed by atoms with E-state index in [-0.39, 0.29) is 5.91 Å². The summed E-state index contributed by atoms with van der Waals surface area (Å²) >= 11 is 0. The van der Waals surface area contributed by atoms with E-state index in [0.29, 0.717) is 19.4 Å². The summed E-state index contributed by atoms with van der Waals surface area (Å²) in [6.45, 7) is 4.30. The Kier molecular flexibility index (Phi) is 5.37. The van der Waals surface area contributed by atoms with Gasteiger partial charge in [-0.3, -0.25) is 4.79 Å². The maximum Gasteiger partial charge on any atom is 0.332 e. The van der Waals surface area contributed by atoms with Crippen molar-refractivity contribution in [1.82, 2.24) is 10.2 Å². The van der Waals surface area contributed by atoms with Gasteiger partial charge in [0.1, 0.15) is 6.10 Å². The van der Waals surface area contributed by atoms with Gasteiger partial charge in [0.2, 0.25) is 5.91 Å². The number of aliphatic carboxylic acids is 1. The minimum Gasteiger partial charge on any atom is -0.479 e. The summed E-state index contributed by atoms with van der Waals surface area (Å²) in [5.41, 5.74) is 0. The van der Waals surface area contributed by atoms with Crippen LogP contribution in [0, 0.1) is 0 Å². The molecule has 1 rings (SSSR count). The van der Waals surface area contributed by atoms with Gasteiger partial charge in [0.15, 0.2) is 6.10 Å². The number of nitrogens with zero attached hydrogens (tertiary/aromatic N) is 1. The maximum absolute atomic E-state index is 11.6. The van der Waals surface area contributed by atoms with Crippen LogP contribution in [-0.4, -0.2) is 60.8 Å². The largest absolute Gasteiger partial charge is 0.479 e. The van der Waals surface area contributed by atoms with Gasteiger partial charge in [-0.25, -0.2) is 4.79 Å². The van der Waals surface area contributed by atoms with E-state index in [1.165, 1.54) is 0 Å². The first-order chi connectivity index (χ1) is 8.04. The van der Waals surface area contributed by atoms with Crippen molar-refractivity contribution in [2.45, 2.75) is 32.0 Å². The summed E-state index contributed by atoms with van der Waals surface area (Å²) < 4.78 is 5.14. The standard InChI is InChI=1S/C11H20N2O4/c1-3-13(2)7-6-12-10(14)8-4-5-9(17-8)11(15)16/h8-9H,3-7H2,1-2H3,(H,12,14)(H,15,16). The van der Waals surface area contributed by atoms with Crippen LogP contribution in [0.15, 0.2) is 0 Å². The second kappa shape index (κ2) is 6.56. The first-order valence-electron chi connectivity index (χ1n) is 5.89. The van der Waals surface area contributed by atoms with Crippen molar-refractivity contribution in [3.05, 3.63) is 0 Å². The zero-order valence-electron chi connectivity index (χ0n) is 10.3. The lowest BCUT2D eigenvalue weighted by molar-refractivity contribution is -0.151. The number of carbonyl (C=O) groups excluding carboxylic acids is 1. The number of rotatable bonds is 6. The van der Waals surface area contributed by atoms with Crippen molar-refractivity contribution in [2.75, 3.05) is 26.7 Å². The first-order valence-corrected chi connectivity index (χ1v) is 5.89. The van der Waals surface area contributed by atoms with E-state index in [4.69, 9.17) is 9.84 Å². The summed E-state index contributed by atoms with van der Waals surface area (Å²) in [6.07, 6.45) is -0.554. The van der Waals surface area contributed by atoms with Crippen molar-refractivity contribution in [1.29, 1.82) is 0 Å². The minimum absolute atomic E-state index is 0.210. The van der Waals surface area contributed by atoms with Gasteiger partial charge in [-0.2, -0.15) is 0 Å². The monoisotopic (exact) mass is 244 g/mol. The Labute approximate surface area is 101 Å². The zero-order chi connectivity index (χ0) is 12.8. The predicted octanol–water partition coefficient (Wildman–Crippen LogP) is -0.313. The molecule has 6 heteroatoms. The summed E-state index contributed by atoms with van der Waals surface area (Å²) in [6, 6.07) is 0. The molecule has 1 fully saturated rings. The highest BCUT2D eigenvalue weighted by atomic mass is 16.5. The lowest BCUT2D eigenvalue weighted by Gasteiger charge is -2.16. The number of ether oxygens (including phenoxy) is 1. The van der Waals surface area contributed by atoms with E-state index in [1.807, 2.05) is 14.0 Å². The summed E-state index contributed by atoms with van der Waals surface area (Å²) in [5, 5.41) is 11.5. The molecule has 0 aliphatic carbocycles. The molecular formula is C11H20N2O4. The molecule has 1 aliphatic heterocycles. The third-order valence-electron chi connectivity index (χ3n) is 2.92. The molecule has 0 aromatic heterocycles. The average molecular weight is 244 g/mol. The topological polar surface area (TPSA) is 78.9 Å². The molecule has 0 aromatic rings.